The van der Waals surface area contributed by atoms with Crippen molar-refractivity contribution in [2.24, 2.45) is 29.1 Å². The molecule has 0 unspecified atom stereocenters. The second-order valence-electron chi connectivity index (χ2n) is 13.8. The summed E-state index contributed by atoms with van der Waals surface area (Å²) in [7, 11) is 0. The van der Waals surface area contributed by atoms with Crippen LogP contribution >= 0.6 is 0 Å². The lowest BCUT2D eigenvalue weighted by atomic mass is 9.54. The van der Waals surface area contributed by atoms with Gasteiger partial charge in [-0.25, -0.2) is 4.79 Å². The molecule has 1 aromatic rings. The van der Waals surface area contributed by atoms with Crippen LogP contribution in [0.25, 0.3) is 0 Å². The van der Waals surface area contributed by atoms with Crippen LogP contribution in [0.3, 0.4) is 0 Å². The molecule has 3 aliphatic carbocycles. The number of allylic oxidation sites excluding steroid dienone is 1. The van der Waals surface area contributed by atoms with Crippen molar-refractivity contribution >= 4 is 35.6 Å². The normalized spacial score (nSPS) is 37.1. The van der Waals surface area contributed by atoms with Crippen molar-refractivity contribution in [3.05, 3.63) is 42.2 Å². The fraction of sp³-hybridized carbons (Fsp3) is 0.618. The summed E-state index contributed by atoms with van der Waals surface area (Å²) in [5.74, 6) is -7.49. The monoisotopic (exact) mass is 655 g/mol. The fourth-order valence-electron chi connectivity index (χ4n) is 8.97. The first-order valence-corrected chi connectivity index (χ1v) is 15.6. The molecule has 5 rings (SSSR count). The van der Waals surface area contributed by atoms with Gasteiger partial charge in [-0.2, -0.15) is 0 Å². The van der Waals surface area contributed by atoms with Crippen LogP contribution in [0.1, 0.15) is 72.2 Å². The van der Waals surface area contributed by atoms with Crippen LogP contribution in [-0.2, 0) is 52.4 Å². The van der Waals surface area contributed by atoms with Crippen molar-refractivity contribution in [1.29, 1.82) is 0 Å². The summed E-state index contributed by atoms with van der Waals surface area (Å²) < 4.78 is 37.0. The molecule has 1 aromatic heterocycles. The van der Waals surface area contributed by atoms with Gasteiger partial charge in [-0.3, -0.25) is 29.0 Å². The van der Waals surface area contributed by atoms with Crippen LogP contribution in [0.5, 0.6) is 0 Å². The van der Waals surface area contributed by atoms with Gasteiger partial charge in [0.05, 0.1) is 18.1 Å². The number of hydrogen-bond acceptors (Lipinski definition) is 13. The molecule has 13 heteroatoms. The SMILES string of the molecule is CC(=O)O[C@@H]1[C@H]2[C@@H](OC(=O)c3cccnc3)[C@@H](C)C[C@]2(OC(C)=O)[C@@H](OC(C)=O)[C@]2(C)OC[C@]13C(=O)C=C[C@H](C(C)(C)OC(C)=O)[C@@H]23. The minimum absolute atomic E-state index is 0.0146. The Bertz CT molecular complexity index is 1520. The zero-order chi connectivity index (χ0) is 34.7. The summed E-state index contributed by atoms with van der Waals surface area (Å²) in [4.78, 5) is 83.3. The van der Waals surface area contributed by atoms with E-state index in [2.05, 4.69) is 4.98 Å². The van der Waals surface area contributed by atoms with Crippen molar-refractivity contribution < 1.29 is 57.2 Å². The molecule has 0 radical (unpaired) electrons. The molecule has 2 heterocycles. The maximum absolute atomic E-state index is 14.5. The number of pyridine rings is 1. The third-order valence-corrected chi connectivity index (χ3v) is 10.2. The largest absolute Gasteiger partial charge is 0.461 e. The lowest BCUT2D eigenvalue weighted by molar-refractivity contribution is -0.243. The highest BCUT2D eigenvalue weighted by Gasteiger charge is 2.82. The number of fused-ring (bicyclic) bond motifs is 1. The first-order chi connectivity index (χ1) is 21.9. The molecule has 0 N–H and O–H groups in total. The van der Waals surface area contributed by atoms with E-state index in [4.69, 9.17) is 28.4 Å². The minimum Gasteiger partial charge on any atom is -0.461 e. The van der Waals surface area contributed by atoms with Gasteiger partial charge >= 0.3 is 29.8 Å². The molecule has 4 aliphatic rings. The van der Waals surface area contributed by atoms with E-state index < -0.39 is 99.8 Å². The highest BCUT2D eigenvalue weighted by Crippen LogP contribution is 2.68. The van der Waals surface area contributed by atoms with Crippen molar-refractivity contribution in [2.75, 3.05) is 6.61 Å². The molecule has 13 nitrogen and oxygen atoms in total. The van der Waals surface area contributed by atoms with E-state index in [1.807, 2.05) is 0 Å². The molecule has 2 bridgehead atoms. The van der Waals surface area contributed by atoms with E-state index in [1.54, 1.807) is 39.8 Å². The lowest BCUT2D eigenvalue weighted by Crippen LogP contribution is -2.64. The number of aromatic nitrogens is 1. The molecule has 1 saturated heterocycles. The first kappa shape index (κ1) is 34.2. The van der Waals surface area contributed by atoms with Crippen molar-refractivity contribution in [2.45, 2.75) is 96.9 Å². The summed E-state index contributed by atoms with van der Waals surface area (Å²) in [6.45, 7) is 11.3. The molecule has 2 saturated carbocycles. The number of esters is 5. The molecule has 10 atom stereocenters. The molecule has 0 aromatic carbocycles. The highest BCUT2D eigenvalue weighted by molar-refractivity contribution is 5.98. The lowest BCUT2D eigenvalue weighted by Gasteiger charge is -2.50. The number of carbonyl (C=O) groups is 6. The Balaban J connectivity index is 1.83. The van der Waals surface area contributed by atoms with Crippen LogP contribution in [0.4, 0.5) is 0 Å². The number of rotatable bonds is 7. The van der Waals surface area contributed by atoms with E-state index >= 15 is 0 Å². The number of hydrogen-bond donors (Lipinski definition) is 0. The first-order valence-electron chi connectivity index (χ1n) is 15.6. The Morgan fingerprint density at radius 2 is 1.66 bits per heavy atom. The Morgan fingerprint density at radius 1 is 0.979 bits per heavy atom. The zero-order valence-electron chi connectivity index (χ0n) is 27.8. The van der Waals surface area contributed by atoms with E-state index in [0.717, 1.165) is 0 Å². The van der Waals surface area contributed by atoms with Gasteiger partial charge in [-0.1, -0.05) is 13.0 Å². The molecule has 3 fully saturated rings. The predicted octanol–water partition coefficient (Wildman–Crippen LogP) is 2.93. The van der Waals surface area contributed by atoms with E-state index in [-0.39, 0.29) is 18.6 Å². The van der Waals surface area contributed by atoms with Gasteiger partial charge in [0.1, 0.15) is 28.8 Å². The van der Waals surface area contributed by atoms with Crippen molar-refractivity contribution in [1.82, 2.24) is 4.98 Å². The second-order valence-corrected chi connectivity index (χ2v) is 13.8. The molecule has 47 heavy (non-hydrogen) atoms. The second kappa shape index (κ2) is 11.8. The maximum Gasteiger partial charge on any atom is 0.339 e. The average molecular weight is 656 g/mol. The Labute approximate surface area is 272 Å². The highest BCUT2D eigenvalue weighted by atomic mass is 16.6. The Hall–Kier alpha value is -4.13. The topological polar surface area (TPSA) is 171 Å². The van der Waals surface area contributed by atoms with Gasteiger partial charge in [-0.05, 0) is 51.3 Å². The number of ketones is 1. The van der Waals surface area contributed by atoms with Gasteiger partial charge in [0.25, 0.3) is 0 Å². The standard InChI is InChI=1S/C34H41NO12/c1-17-14-34(47-21(5)39)25(26(17)45-29(41)22-10-9-13-35-15-22)28(43-18(2)36)33-16-42-32(8,30(34)44-19(3)37)27(33)23(11-12-24(33)40)31(6,7)46-20(4)38/h9-13,15,17,23,25-28,30H,14,16H2,1-8H3/t17-,23-,25+,26-,27-,28+,30-,32+,33+,34+/m0/s1. The predicted molar refractivity (Wildman–Crippen MR) is 160 cm³/mol. The quantitative estimate of drug-likeness (QED) is 0.311. The summed E-state index contributed by atoms with van der Waals surface area (Å²) >= 11 is 0. The summed E-state index contributed by atoms with van der Waals surface area (Å²) in [6, 6.07) is 3.09. The van der Waals surface area contributed by atoms with Crippen LogP contribution in [0, 0.1) is 29.1 Å². The summed E-state index contributed by atoms with van der Waals surface area (Å²) in [5, 5.41) is 0. The van der Waals surface area contributed by atoms with Gasteiger partial charge in [-0.15, -0.1) is 0 Å². The molecule has 0 amide bonds. The van der Waals surface area contributed by atoms with E-state index in [0.29, 0.717) is 0 Å². The average Bonchev–Trinajstić information content (AvgIpc) is 3.40. The van der Waals surface area contributed by atoms with Gasteiger partial charge in [0.2, 0.25) is 0 Å². The zero-order valence-corrected chi connectivity index (χ0v) is 27.8. The molecule has 254 valence electrons. The maximum atomic E-state index is 14.5. The van der Waals surface area contributed by atoms with Crippen molar-refractivity contribution in [3.63, 3.8) is 0 Å². The number of nitrogens with zero attached hydrogens (tertiary/aromatic N) is 1. The third-order valence-electron chi connectivity index (χ3n) is 10.2. The molecule has 0 spiro atoms. The van der Waals surface area contributed by atoms with Gasteiger partial charge < -0.3 is 28.4 Å². The van der Waals surface area contributed by atoms with E-state index in [9.17, 15) is 28.8 Å². The fourth-order valence-corrected chi connectivity index (χ4v) is 8.97. The van der Waals surface area contributed by atoms with Crippen LogP contribution < -0.4 is 0 Å². The number of carbonyl (C=O) groups excluding carboxylic acids is 6. The van der Waals surface area contributed by atoms with Gasteiger partial charge in [0, 0.05) is 51.9 Å². The third kappa shape index (κ3) is 5.41. The Morgan fingerprint density at radius 3 is 2.23 bits per heavy atom. The van der Waals surface area contributed by atoms with Crippen molar-refractivity contribution in [3.8, 4) is 0 Å². The summed E-state index contributed by atoms with van der Waals surface area (Å²) in [6.07, 6.45) is 1.87. The molecule has 1 aliphatic heterocycles. The summed E-state index contributed by atoms with van der Waals surface area (Å²) in [5.41, 5.74) is -6.17. The molecular weight excluding hydrogens is 614 g/mol. The molecular formula is C34H41NO12. The van der Waals surface area contributed by atoms with Crippen LogP contribution in [0.15, 0.2) is 36.7 Å². The minimum atomic E-state index is -1.81. The smallest absolute Gasteiger partial charge is 0.339 e. The van der Waals surface area contributed by atoms with Gasteiger partial charge in [0.15, 0.2) is 17.5 Å². The number of ether oxygens (including phenoxy) is 6. The Kier molecular flexibility index (Phi) is 8.62. The van der Waals surface area contributed by atoms with E-state index in [1.165, 1.54) is 52.2 Å². The van der Waals surface area contributed by atoms with Crippen LogP contribution in [-0.4, -0.2) is 82.3 Å². The van der Waals surface area contributed by atoms with Crippen LogP contribution in [0.2, 0.25) is 0 Å².